The minimum absolute atomic E-state index is 0.343. The van der Waals surface area contributed by atoms with Gasteiger partial charge in [0.2, 0.25) is 0 Å². The van der Waals surface area contributed by atoms with Gasteiger partial charge in [0.25, 0.3) is 0 Å². The SMILES string of the molecule is CCCCc1ccc(Oc2ncc(CCl)cn2)cc1. The van der Waals surface area contributed by atoms with Crippen LogP contribution < -0.4 is 4.74 Å². The Hall–Kier alpha value is -1.61. The molecule has 0 amide bonds. The van der Waals surface area contributed by atoms with Gasteiger partial charge in [-0.25, -0.2) is 9.97 Å². The van der Waals surface area contributed by atoms with Crippen molar-refractivity contribution in [3.8, 4) is 11.8 Å². The first kappa shape index (κ1) is 13.8. The van der Waals surface area contributed by atoms with Crippen molar-refractivity contribution in [2.45, 2.75) is 32.1 Å². The van der Waals surface area contributed by atoms with Gasteiger partial charge in [0.05, 0.1) is 5.88 Å². The Morgan fingerprint density at radius 2 is 1.74 bits per heavy atom. The molecule has 2 rings (SSSR count). The zero-order valence-corrected chi connectivity index (χ0v) is 11.7. The van der Waals surface area contributed by atoms with Crippen molar-refractivity contribution in [1.82, 2.24) is 9.97 Å². The molecule has 4 heteroatoms. The number of rotatable bonds is 6. The maximum Gasteiger partial charge on any atom is 0.321 e. The van der Waals surface area contributed by atoms with Crippen LogP contribution in [0, 0.1) is 0 Å². The van der Waals surface area contributed by atoms with Crippen molar-refractivity contribution in [1.29, 1.82) is 0 Å². The molecule has 100 valence electrons. The summed E-state index contributed by atoms with van der Waals surface area (Å²) in [7, 11) is 0. The van der Waals surface area contributed by atoms with Gasteiger partial charge in [-0.3, -0.25) is 0 Å². The number of aromatic nitrogens is 2. The molecule has 0 N–H and O–H groups in total. The van der Waals surface area contributed by atoms with E-state index in [2.05, 4.69) is 29.0 Å². The third-order valence-corrected chi connectivity index (χ3v) is 3.10. The summed E-state index contributed by atoms with van der Waals surface area (Å²) in [4.78, 5) is 8.20. The van der Waals surface area contributed by atoms with Crippen molar-refractivity contribution in [3.63, 3.8) is 0 Å². The fourth-order valence-electron chi connectivity index (χ4n) is 1.68. The number of hydrogen-bond donors (Lipinski definition) is 0. The molecule has 1 heterocycles. The van der Waals surface area contributed by atoms with E-state index < -0.39 is 0 Å². The zero-order valence-electron chi connectivity index (χ0n) is 11.0. The first-order valence-corrected chi connectivity index (χ1v) is 6.99. The minimum atomic E-state index is 0.343. The van der Waals surface area contributed by atoms with E-state index in [9.17, 15) is 0 Å². The number of ether oxygens (including phenoxy) is 1. The highest BCUT2D eigenvalue weighted by molar-refractivity contribution is 6.17. The van der Waals surface area contributed by atoms with Crippen LogP contribution in [0.4, 0.5) is 0 Å². The average Bonchev–Trinajstić information content (AvgIpc) is 2.47. The number of halogens is 1. The zero-order chi connectivity index (χ0) is 13.5. The van der Waals surface area contributed by atoms with E-state index >= 15 is 0 Å². The summed E-state index contributed by atoms with van der Waals surface area (Å²) in [5.74, 6) is 1.16. The van der Waals surface area contributed by atoms with Crippen LogP contribution in [0.2, 0.25) is 0 Å². The number of unbranched alkanes of at least 4 members (excludes halogenated alkanes) is 1. The van der Waals surface area contributed by atoms with Crippen molar-refractivity contribution in [3.05, 3.63) is 47.8 Å². The van der Waals surface area contributed by atoms with Gasteiger partial charge in [-0.1, -0.05) is 25.5 Å². The molecule has 0 saturated carbocycles. The second kappa shape index (κ2) is 7.10. The molecule has 0 saturated heterocycles. The van der Waals surface area contributed by atoms with E-state index in [-0.39, 0.29) is 0 Å². The molecule has 1 aromatic carbocycles. The van der Waals surface area contributed by atoms with Gasteiger partial charge in [-0.2, -0.15) is 0 Å². The summed E-state index contributed by atoms with van der Waals surface area (Å²) in [6.07, 6.45) is 6.87. The first-order chi connectivity index (χ1) is 9.31. The van der Waals surface area contributed by atoms with E-state index in [0.29, 0.717) is 11.9 Å². The maximum absolute atomic E-state index is 5.68. The quantitative estimate of drug-likeness (QED) is 0.736. The summed E-state index contributed by atoms with van der Waals surface area (Å²) in [5, 5.41) is 0. The van der Waals surface area contributed by atoms with Gasteiger partial charge in [-0.05, 0) is 30.5 Å². The van der Waals surface area contributed by atoms with Crippen molar-refractivity contribution in [2.24, 2.45) is 0 Å². The lowest BCUT2D eigenvalue weighted by Crippen LogP contribution is -1.93. The molecule has 0 unspecified atom stereocenters. The predicted molar refractivity (Wildman–Crippen MR) is 76.7 cm³/mol. The number of hydrogen-bond acceptors (Lipinski definition) is 3. The van der Waals surface area contributed by atoms with Crippen molar-refractivity contribution >= 4 is 11.6 Å². The van der Waals surface area contributed by atoms with Gasteiger partial charge in [0, 0.05) is 18.0 Å². The summed E-state index contributed by atoms with van der Waals surface area (Å²) < 4.78 is 5.57. The fraction of sp³-hybridized carbons (Fsp3) is 0.333. The Balaban J connectivity index is 1.98. The Bertz CT molecular complexity index is 497. The molecule has 3 nitrogen and oxygen atoms in total. The molecule has 0 aliphatic heterocycles. The van der Waals surface area contributed by atoms with E-state index in [1.54, 1.807) is 12.4 Å². The molecule has 0 spiro atoms. The Morgan fingerprint density at radius 3 is 2.32 bits per heavy atom. The Kier molecular flexibility index (Phi) is 5.16. The van der Waals surface area contributed by atoms with Crippen LogP contribution in [0.25, 0.3) is 0 Å². The third kappa shape index (κ3) is 4.21. The second-order valence-corrected chi connectivity index (χ2v) is 4.62. The number of nitrogens with zero attached hydrogens (tertiary/aromatic N) is 2. The minimum Gasteiger partial charge on any atom is -0.424 e. The molecule has 0 aliphatic rings. The highest BCUT2D eigenvalue weighted by Gasteiger charge is 2.01. The molecular formula is C15H17ClN2O. The van der Waals surface area contributed by atoms with Crippen molar-refractivity contribution in [2.75, 3.05) is 0 Å². The van der Waals surface area contributed by atoms with E-state index in [1.165, 1.54) is 18.4 Å². The molecule has 0 bridgehead atoms. The van der Waals surface area contributed by atoms with E-state index in [4.69, 9.17) is 16.3 Å². The fourth-order valence-corrected chi connectivity index (χ4v) is 1.81. The standard InChI is InChI=1S/C15H17ClN2O/c1-2-3-4-12-5-7-14(8-6-12)19-15-17-10-13(9-16)11-18-15/h5-8,10-11H,2-4,9H2,1H3. The van der Waals surface area contributed by atoms with Gasteiger partial charge < -0.3 is 4.74 Å². The highest BCUT2D eigenvalue weighted by Crippen LogP contribution is 2.19. The molecule has 19 heavy (non-hydrogen) atoms. The summed E-state index contributed by atoms with van der Waals surface area (Å²) in [6.45, 7) is 2.19. The maximum atomic E-state index is 5.68. The summed E-state index contributed by atoms with van der Waals surface area (Å²) in [5.41, 5.74) is 2.21. The second-order valence-electron chi connectivity index (χ2n) is 4.36. The average molecular weight is 277 g/mol. The molecular weight excluding hydrogens is 260 g/mol. The Morgan fingerprint density at radius 1 is 1.05 bits per heavy atom. The molecule has 1 aromatic heterocycles. The van der Waals surface area contributed by atoms with Gasteiger partial charge in [-0.15, -0.1) is 11.6 Å². The smallest absolute Gasteiger partial charge is 0.321 e. The number of aryl methyl sites for hydroxylation is 1. The van der Waals surface area contributed by atoms with Crippen LogP contribution in [-0.4, -0.2) is 9.97 Å². The molecule has 0 aliphatic carbocycles. The predicted octanol–water partition coefficient (Wildman–Crippen LogP) is 4.35. The number of benzene rings is 1. The van der Waals surface area contributed by atoms with Crippen LogP contribution in [0.3, 0.4) is 0 Å². The van der Waals surface area contributed by atoms with Crippen LogP contribution in [0.1, 0.15) is 30.9 Å². The van der Waals surface area contributed by atoms with E-state index in [0.717, 1.165) is 17.7 Å². The Labute approximate surface area is 118 Å². The van der Waals surface area contributed by atoms with Gasteiger partial charge in [0.1, 0.15) is 5.75 Å². The third-order valence-electron chi connectivity index (χ3n) is 2.79. The van der Waals surface area contributed by atoms with Crippen LogP contribution in [0.15, 0.2) is 36.7 Å². The van der Waals surface area contributed by atoms with Crippen LogP contribution in [-0.2, 0) is 12.3 Å². The molecule has 0 fully saturated rings. The van der Waals surface area contributed by atoms with Gasteiger partial charge in [0.15, 0.2) is 0 Å². The summed E-state index contributed by atoms with van der Waals surface area (Å²) >= 11 is 5.68. The largest absolute Gasteiger partial charge is 0.424 e. The summed E-state index contributed by atoms with van der Waals surface area (Å²) in [6, 6.07) is 8.40. The lowest BCUT2D eigenvalue weighted by molar-refractivity contribution is 0.441. The molecule has 0 atom stereocenters. The van der Waals surface area contributed by atoms with E-state index in [1.807, 2.05) is 12.1 Å². The molecule has 0 radical (unpaired) electrons. The monoisotopic (exact) mass is 276 g/mol. The lowest BCUT2D eigenvalue weighted by atomic mass is 10.1. The normalized spacial score (nSPS) is 10.4. The van der Waals surface area contributed by atoms with Gasteiger partial charge >= 0.3 is 6.01 Å². The van der Waals surface area contributed by atoms with Crippen molar-refractivity contribution < 1.29 is 4.74 Å². The topological polar surface area (TPSA) is 35.0 Å². The van der Waals surface area contributed by atoms with Crippen LogP contribution >= 0.6 is 11.6 Å². The first-order valence-electron chi connectivity index (χ1n) is 6.45. The molecule has 2 aromatic rings. The number of alkyl halides is 1. The van der Waals surface area contributed by atoms with Crippen LogP contribution in [0.5, 0.6) is 11.8 Å². The lowest BCUT2D eigenvalue weighted by Gasteiger charge is -2.05. The highest BCUT2D eigenvalue weighted by atomic mass is 35.5.